The van der Waals surface area contributed by atoms with Gasteiger partial charge in [0.1, 0.15) is 0 Å². The third-order valence-electron chi connectivity index (χ3n) is 4.43. The Hall–Kier alpha value is -0.890. The Bertz CT molecular complexity index is 387. The van der Waals surface area contributed by atoms with E-state index < -0.39 is 0 Å². The first-order chi connectivity index (χ1) is 9.18. The standard InChI is InChI=1S/C17H28N2/c1-13(2)19-11-15-7-5-4-6-8-16(15)17-12-18-10-9-14(17)3/h9-10,12-13,15-16,19H,4-8,11H2,1-3H3. The molecule has 19 heavy (non-hydrogen) atoms. The SMILES string of the molecule is Cc1ccncc1C1CCCCCC1CNC(C)C. The van der Waals surface area contributed by atoms with Crippen LogP contribution in [-0.4, -0.2) is 17.6 Å². The minimum atomic E-state index is 0.582. The van der Waals surface area contributed by atoms with Crippen molar-refractivity contribution in [3.63, 3.8) is 0 Å². The monoisotopic (exact) mass is 260 g/mol. The van der Waals surface area contributed by atoms with Crippen LogP contribution in [0, 0.1) is 12.8 Å². The molecular formula is C17H28N2. The molecule has 2 nitrogen and oxygen atoms in total. The number of rotatable bonds is 4. The summed E-state index contributed by atoms with van der Waals surface area (Å²) in [5.41, 5.74) is 2.90. The van der Waals surface area contributed by atoms with Gasteiger partial charge in [-0.1, -0.05) is 33.1 Å². The highest BCUT2D eigenvalue weighted by molar-refractivity contribution is 5.26. The maximum atomic E-state index is 4.36. The third kappa shape index (κ3) is 4.04. The van der Waals surface area contributed by atoms with Crippen LogP contribution in [0.25, 0.3) is 0 Å². The smallest absolute Gasteiger partial charge is 0.0305 e. The van der Waals surface area contributed by atoms with Crippen molar-refractivity contribution in [1.29, 1.82) is 0 Å². The number of nitrogens with zero attached hydrogens (tertiary/aromatic N) is 1. The summed E-state index contributed by atoms with van der Waals surface area (Å²) in [6.45, 7) is 7.85. The first-order valence-corrected chi connectivity index (χ1v) is 7.82. The fraction of sp³-hybridized carbons (Fsp3) is 0.706. The number of hydrogen-bond donors (Lipinski definition) is 1. The highest BCUT2D eigenvalue weighted by atomic mass is 14.9. The zero-order chi connectivity index (χ0) is 13.7. The van der Waals surface area contributed by atoms with Crippen molar-refractivity contribution in [3.8, 4) is 0 Å². The summed E-state index contributed by atoms with van der Waals surface area (Å²) in [7, 11) is 0. The number of aromatic nitrogens is 1. The van der Waals surface area contributed by atoms with E-state index in [0.29, 0.717) is 12.0 Å². The lowest BCUT2D eigenvalue weighted by molar-refractivity contribution is 0.361. The summed E-state index contributed by atoms with van der Waals surface area (Å²) in [5.74, 6) is 1.47. The lowest BCUT2D eigenvalue weighted by Crippen LogP contribution is -2.31. The molecule has 0 saturated heterocycles. The molecule has 106 valence electrons. The fourth-order valence-corrected chi connectivity index (χ4v) is 3.29. The Labute approximate surface area is 118 Å². The number of pyridine rings is 1. The Morgan fingerprint density at radius 2 is 2.05 bits per heavy atom. The van der Waals surface area contributed by atoms with Crippen LogP contribution < -0.4 is 5.32 Å². The second-order valence-corrected chi connectivity index (χ2v) is 6.30. The van der Waals surface area contributed by atoms with Crippen LogP contribution in [0.3, 0.4) is 0 Å². The van der Waals surface area contributed by atoms with Crippen LogP contribution >= 0.6 is 0 Å². The van der Waals surface area contributed by atoms with Crippen molar-refractivity contribution in [2.75, 3.05) is 6.54 Å². The van der Waals surface area contributed by atoms with E-state index in [2.05, 4.69) is 43.3 Å². The molecule has 1 aliphatic carbocycles. The van der Waals surface area contributed by atoms with Crippen LogP contribution in [0.2, 0.25) is 0 Å². The molecule has 2 unspecified atom stereocenters. The molecular weight excluding hydrogens is 232 g/mol. The van der Waals surface area contributed by atoms with Gasteiger partial charge in [-0.3, -0.25) is 4.98 Å². The summed E-state index contributed by atoms with van der Waals surface area (Å²) in [4.78, 5) is 4.36. The van der Waals surface area contributed by atoms with E-state index in [-0.39, 0.29) is 0 Å². The molecule has 1 fully saturated rings. The zero-order valence-corrected chi connectivity index (χ0v) is 12.7. The highest BCUT2D eigenvalue weighted by Gasteiger charge is 2.26. The molecule has 0 spiro atoms. The summed E-state index contributed by atoms with van der Waals surface area (Å²) in [6.07, 6.45) is 10.9. The van der Waals surface area contributed by atoms with Gasteiger partial charge in [-0.05, 0) is 55.3 Å². The quantitative estimate of drug-likeness (QED) is 0.826. The highest BCUT2D eigenvalue weighted by Crippen LogP contribution is 2.37. The van der Waals surface area contributed by atoms with Crippen molar-refractivity contribution in [2.24, 2.45) is 5.92 Å². The first kappa shape index (κ1) is 14.5. The zero-order valence-electron chi connectivity index (χ0n) is 12.7. The molecule has 0 aliphatic heterocycles. The molecule has 1 aromatic heterocycles. The normalized spacial score (nSPS) is 24.4. The molecule has 0 radical (unpaired) electrons. The summed E-state index contributed by atoms with van der Waals surface area (Å²) < 4.78 is 0. The molecule has 2 rings (SSSR count). The van der Waals surface area contributed by atoms with E-state index in [4.69, 9.17) is 0 Å². The van der Waals surface area contributed by atoms with E-state index in [1.165, 1.54) is 43.2 Å². The minimum absolute atomic E-state index is 0.582. The summed E-state index contributed by atoms with van der Waals surface area (Å²) in [5, 5.41) is 3.64. The van der Waals surface area contributed by atoms with Crippen LogP contribution in [0.15, 0.2) is 18.5 Å². The first-order valence-electron chi connectivity index (χ1n) is 7.82. The average Bonchev–Trinajstić information content (AvgIpc) is 2.62. The minimum Gasteiger partial charge on any atom is -0.314 e. The number of aryl methyl sites for hydroxylation is 1. The van der Waals surface area contributed by atoms with E-state index in [0.717, 1.165) is 12.5 Å². The van der Waals surface area contributed by atoms with E-state index in [1.807, 2.05) is 6.20 Å². The van der Waals surface area contributed by atoms with E-state index >= 15 is 0 Å². The largest absolute Gasteiger partial charge is 0.314 e. The van der Waals surface area contributed by atoms with Gasteiger partial charge in [0.25, 0.3) is 0 Å². The van der Waals surface area contributed by atoms with Crippen molar-refractivity contribution in [2.45, 2.75) is 64.8 Å². The number of hydrogen-bond acceptors (Lipinski definition) is 2. The van der Waals surface area contributed by atoms with Crippen LogP contribution in [-0.2, 0) is 0 Å². The Balaban J connectivity index is 2.15. The lowest BCUT2D eigenvalue weighted by Gasteiger charge is -2.27. The van der Waals surface area contributed by atoms with Crippen molar-refractivity contribution in [1.82, 2.24) is 10.3 Å². The molecule has 1 aliphatic rings. The molecule has 0 amide bonds. The Kier molecular flexibility index (Phi) is 5.38. The van der Waals surface area contributed by atoms with E-state index in [1.54, 1.807) is 0 Å². The maximum absolute atomic E-state index is 4.36. The van der Waals surface area contributed by atoms with Crippen LogP contribution in [0.5, 0.6) is 0 Å². The number of nitrogens with one attached hydrogen (secondary N) is 1. The molecule has 2 heteroatoms. The second kappa shape index (κ2) is 7.04. The van der Waals surface area contributed by atoms with Gasteiger partial charge in [0.05, 0.1) is 0 Å². The molecule has 0 bridgehead atoms. The molecule has 2 atom stereocenters. The average molecular weight is 260 g/mol. The maximum Gasteiger partial charge on any atom is 0.0305 e. The predicted octanol–water partition coefficient (Wildman–Crippen LogP) is 4.05. The van der Waals surface area contributed by atoms with Gasteiger partial charge >= 0.3 is 0 Å². The molecule has 1 aromatic rings. The van der Waals surface area contributed by atoms with Crippen molar-refractivity contribution >= 4 is 0 Å². The van der Waals surface area contributed by atoms with Crippen molar-refractivity contribution < 1.29 is 0 Å². The van der Waals surface area contributed by atoms with E-state index in [9.17, 15) is 0 Å². The molecule has 1 saturated carbocycles. The third-order valence-corrected chi connectivity index (χ3v) is 4.43. The van der Waals surface area contributed by atoms with Crippen molar-refractivity contribution in [3.05, 3.63) is 29.6 Å². The predicted molar refractivity (Wildman–Crippen MR) is 81.4 cm³/mol. The van der Waals surface area contributed by atoms with Gasteiger partial charge in [0.15, 0.2) is 0 Å². The van der Waals surface area contributed by atoms with Gasteiger partial charge in [-0.2, -0.15) is 0 Å². The topological polar surface area (TPSA) is 24.9 Å². The Morgan fingerprint density at radius 1 is 1.26 bits per heavy atom. The summed E-state index contributed by atoms with van der Waals surface area (Å²) in [6, 6.07) is 2.74. The fourth-order valence-electron chi connectivity index (χ4n) is 3.29. The lowest BCUT2D eigenvalue weighted by atomic mass is 9.81. The van der Waals surface area contributed by atoms with Gasteiger partial charge in [0, 0.05) is 18.4 Å². The Morgan fingerprint density at radius 3 is 2.79 bits per heavy atom. The van der Waals surface area contributed by atoms with Gasteiger partial charge in [0.2, 0.25) is 0 Å². The van der Waals surface area contributed by atoms with Gasteiger partial charge < -0.3 is 5.32 Å². The van der Waals surface area contributed by atoms with Crippen LogP contribution in [0.1, 0.15) is 63.0 Å². The second-order valence-electron chi connectivity index (χ2n) is 6.30. The van der Waals surface area contributed by atoms with Crippen LogP contribution in [0.4, 0.5) is 0 Å². The molecule has 1 N–H and O–H groups in total. The summed E-state index contributed by atoms with van der Waals surface area (Å²) >= 11 is 0. The molecule has 1 heterocycles. The van der Waals surface area contributed by atoms with Gasteiger partial charge in [-0.15, -0.1) is 0 Å². The molecule has 0 aromatic carbocycles. The van der Waals surface area contributed by atoms with Gasteiger partial charge in [-0.25, -0.2) is 0 Å².